The van der Waals surface area contributed by atoms with Crippen LogP contribution in [0.3, 0.4) is 0 Å². The lowest BCUT2D eigenvalue weighted by Gasteiger charge is -2.45. The van der Waals surface area contributed by atoms with Crippen molar-refractivity contribution in [2.24, 2.45) is 5.92 Å². The van der Waals surface area contributed by atoms with E-state index in [9.17, 15) is 0 Å². The molecule has 2 aliphatic rings. The minimum atomic E-state index is 0.128. The van der Waals surface area contributed by atoms with Crippen LogP contribution in [0.4, 0.5) is 0 Å². The Balaban J connectivity index is 1.87. The second-order valence-corrected chi connectivity index (χ2v) is 5.73. The highest BCUT2D eigenvalue weighted by Gasteiger charge is 2.37. The van der Waals surface area contributed by atoms with Crippen LogP contribution in [0.25, 0.3) is 0 Å². The first kappa shape index (κ1) is 13.3. The number of nitrogens with zero attached hydrogens (tertiary/aromatic N) is 1. The van der Waals surface area contributed by atoms with Crippen molar-refractivity contribution in [1.29, 1.82) is 0 Å². The normalized spacial score (nSPS) is 31.2. The zero-order chi connectivity index (χ0) is 12.1. The highest BCUT2D eigenvalue weighted by atomic mass is 16.5. The molecule has 0 aliphatic carbocycles. The van der Waals surface area contributed by atoms with Crippen molar-refractivity contribution in [3.63, 3.8) is 0 Å². The van der Waals surface area contributed by atoms with Gasteiger partial charge in [-0.05, 0) is 25.3 Å². The molecule has 3 heteroatoms. The summed E-state index contributed by atoms with van der Waals surface area (Å²) in [5, 5.41) is 3.50. The minimum absolute atomic E-state index is 0.128. The predicted molar refractivity (Wildman–Crippen MR) is 71.3 cm³/mol. The van der Waals surface area contributed by atoms with Crippen molar-refractivity contribution in [3.8, 4) is 0 Å². The summed E-state index contributed by atoms with van der Waals surface area (Å²) >= 11 is 0. The standard InChI is InChI=1S/C14H28N2O/c1-3-13(4-2)10-16-8-9-17-14(12-16)6-5-7-15-11-14/h13,15H,3-12H2,1-2H3/t14-/m1/s1. The molecular formula is C14H28N2O. The van der Waals surface area contributed by atoms with Crippen molar-refractivity contribution in [2.75, 3.05) is 39.3 Å². The highest BCUT2D eigenvalue weighted by molar-refractivity contribution is 4.93. The van der Waals surface area contributed by atoms with Gasteiger partial charge in [-0.25, -0.2) is 0 Å². The fourth-order valence-corrected chi connectivity index (χ4v) is 3.19. The number of ether oxygens (including phenoxy) is 1. The first-order valence-electron chi connectivity index (χ1n) is 7.35. The molecule has 2 fully saturated rings. The van der Waals surface area contributed by atoms with Crippen molar-refractivity contribution in [1.82, 2.24) is 10.2 Å². The molecule has 3 nitrogen and oxygen atoms in total. The molecule has 2 rings (SSSR count). The Labute approximate surface area is 106 Å². The summed E-state index contributed by atoms with van der Waals surface area (Å²) in [6.07, 6.45) is 5.11. The summed E-state index contributed by atoms with van der Waals surface area (Å²) in [5.41, 5.74) is 0.128. The molecule has 2 saturated heterocycles. The van der Waals surface area contributed by atoms with E-state index in [1.807, 2.05) is 0 Å². The maximum atomic E-state index is 6.08. The summed E-state index contributed by atoms with van der Waals surface area (Å²) < 4.78 is 6.08. The molecule has 0 aromatic carbocycles. The Morgan fingerprint density at radius 1 is 1.35 bits per heavy atom. The Morgan fingerprint density at radius 3 is 2.82 bits per heavy atom. The predicted octanol–water partition coefficient (Wildman–Crippen LogP) is 1.88. The molecule has 0 bridgehead atoms. The third kappa shape index (κ3) is 3.43. The van der Waals surface area contributed by atoms with Crippen LogP contribution >= 0.6 is 0 Å². The number of rotatable bonds is 4. The van der Waals surface area contributed by atoms with E-state index in [0.717, 1.165) is 38.7 Å². The van der Waals surface area contributed by atoms with Gasteiger partial charge >= 0.3 is 0 Å². The molecule has 100 valence electrons. The smallest absolute Gasteiger partial charge is 0.0933 e. The Bertz CT molecular complexity index is 217. The topological polar surface area (TPSA) is 24.5 Å². The number of nitrogens with one attached hydrogen (secondary N) is 1. The fourth-order valence-electron chi connectivity index (χ4n) is 3.19. The quantitative estimate of drug-likeness (QED) is 0.812. The second-order valence-electron chi connectivity index (χ2n) is 5.73. The van der Waals surface area contributed by atoms with Gasteiger partial charge in [-0.1, -0.05) is 26.7 Å². The van der Waals surface area contributed by atoms with Gasteiger partial charge in [-0.15, -0.1) is 0 Å². The van der Waals surface area contributed by atoms with E-state index in [1.165, 1.54) is 32.2 Å². The zero-order valence-electron chi connectivity index (χ0n) is 11.5. The van der Waals surface area contributed by atoms with Gasteiger partial charge in [0.25, 0.3) is 0 Å². The molecule has 2 heterocycles. The summed E-state index contributed by atoms with van der Waals surface area (Å²) in [5.74, 6) is 0.863. The average molecular weight is 240 g/mol. The first-order chi connectivity index (χ1) is 8.28. The molecule has 2 aliphatic heterocycles. The minimum Gasteiger partial charge on any atom is -0.371 e. The van der Waals surface area contributed by atoms with E-state index in [-0.39, 0.29) is 5.60 Å². The molecule has 0 unspecified atom stereocenters. The van der Waals surface area contributed by atoms with Crippen LogP contribution in [-0.2, 0) is 4.74 Å². The SMILES string of the molecule is CCC(CC)CN1CCO[C@@]2(CCCNC2)C1. The third-order valence-electron chi connectivity index (χ3n) is 4.43. The van der Waals surface area contributed by atoms with Gasteiger partial charge in [0.2, 0.25) is 0 Å². The summed E-state index contributed by atoms with van der Waals surface area (Å²) in [6, 6.07) is 0. The fraction of sp³-hybridized carbons (Fsp3) is 1.00. The van der Waals surface area contributed by atoms with Crippen LogP contribution in [0.15, 0.2) is 0 Å². The summed E-state index contributed by atoms with van der Waals surface area (Å²) in [6.45, 7) is 11.3. The Hall–Kier alpha value is -0.120. The highest BCUT2D eigenvalue weighted by Crippen LogP contribution is 2.26. The van der Waals surface area contributed by atoms with Crippen LogP contribution in [0.1, 0.15) is 39.5 Å². The molecule has 1 spiro atoms. The summed E-state index contributed by atoms with van der Waals surface area (Å²) in [7, 11) is 0. The Morgan fingerprint density at radius 2 is 2.18 bits per heavy atom. The lowest BCUT2D eigenvalue weighted by Crippen LogP contribution is -2.59. The maximum absolute atomic E-state index is 6.08. The molecule has 17 heavy (non-hydrogen) atoms. The molecule has 0 radical (unpaired) electrons. The lowest BCUT2D eigenvalue weighted by atomic mass is 9.91. The molecule has 1 N–H and O–H groups in total. The monoisotopic (exact) mass is 240 g/mol. The molecule has 0 aromatic rings. The zero-order valence-corrected chi connectivity index (χ0v) is 11.5. The van der Waals surface area contributed by atoms with E-state index in [4.69, 9.17) is 4.74 Å². The van der Waals surface area contributed by atoms with Gasteiger partial charge in [0, 0.05) is 26.2 Å². The Kier molecular flexibility index (Phi) is 4.83. The van der Waals surface area contributed by atoms with Gasteiger partial charge in [-0.2, -0.15) is 0 Å². The van der Waals surface area contributed by atoms with Gasteiger partial charge in [0.15, 0.2) is 0 Å². The average Bonchev–Trinajstić information content (AvgIpc) is 2.37. The first-order valence-corrected chi connectivity index (χ1v) is 7.35. The van der Waals surface area contributed by atoms with E-state index < -0.39 is 0 Å². The van der Waals surface area contributed by atoms with E-state index >= 15 is 0 Å². The van der Waals surface area contributed by atoms with Crippen molar-refractivity contribution >= 4 is 0 Å². The van der Waals surface area contributed by atoms with Crippen molar-refractivity contribution < 1.29 is 4.74 Å². The lowest BCUT2D eigenvalue weighted by molar-refractivity contribution is -0.121. The number of hydrogen-bond donors (Lipinski definition) is 1. The van der Waals surface area contributed by atoms with Gasteiger partial charge in [0.1, 0.15) is 0 Å². The van der Waals surface area contributed by atoms with Gasteiger partial charge in [-0.3, -0.25) is 4.90 Å². The molecule has 0 saturated carbocycles. The van der Waals surface area contributed by atoms with Gasteiger partial charge < -0.3 is 10.1 Å². The van der Waals surface area contributed by atoms with Crippen LogP contribution in [0.2, 0.25) is 0 Å². The van der Waals surface area contributed by atoms with Crippen LogP contribution < -0.4 is 5.32 Å². The summed E-state index contributed by atoms with van der Waals surface area (Å²) in [4.78, 5) is 2.63. The van der Waals surface area contributed by atoms with Gasteiger partial charge in [0.05, 0.1) is 12.2 Å². The largest absolute Gasteiger partial charge is 0.371 e. The second kappa shape index (κ2) is 6.17. The molecule has 1 atom stereocenters. The third-order valence-corrected chi connectivity index (χ3v) is 4.43. The maximum Gasteiger partial charge on any atom is 0.0933 e. The van der Waals surface area contributed by atoms with Crippen LogP contribution in [0, 0.1) is 5.92 Å². The van der Waals surface area contributed by atoms with E-state index in [0.29, 0.717) is 0 Å². The molecule has 0 amide bonds. The molecule has 0 aromatic heterocycles. The van der Waals surface area contributed by atoms with Crippen LogP contribution in [-0.4, -0.2) is 49.8 Å². The number of morpholine rings is 1. The number of piperidine rings is 1. The van der Waals surface area contributed by atoms with Crippen LogP contribution in [0.5, 0.6) is 0 Å². The van der Waals surface area contributed by atoms with Crippen molar-refractivity contribution in [3.05, 3.63) is 0 Å². The van der Waals surface area contributed by atoms with E-state index in [2.05, 4.69) is 24.1 Å². The molecular weight excluding hydrogens is 212 g/mol. The van der Waals surface area contributed by atoms with Crippen molar-refractivity contribution in [2.45, 2.75) is 45.1 Å². The number of hydrogen-bond acceptors (Lipinski definition) is 3. The van der Waals surface area contributed by atoms with E-state index in [1.54, 1.807) is 0 Å².